The molecule has 0 amide bonds. The molecule has 0 radical (unpaired) electrons. The molecule has 0 atom stereocenters. The molecule has 3 nitrogen and oxygen atoms in total. The number of fused-ring (bicyclic) bond motifs is 1. The van der Waals surface area contributed by atoms with Crippen LogP contribution in [0, 0.1) is 3.70 Å². The Morgan fingerprint density at radius 1 is 1.50 bits per heavy atom. The molecule has 0 saturated heterocycles. The summed E-state index contributed by atoms with van der Waals surface area (Å²) in [6, 6.07) is 3.07. The smallest absolute Gasteiger partial charge is 0.119 e. The minimum Gasteiger partial charge on any atom is -0.508 e. The van der Waals surface area contributed by atoms with E-state index in [1.54, 1.807) is 6.07 Å². The van der Waals surface area contributed by atoms with Crippen molar-refractivity contribution in [1.82, 2.24) is 10.2 Å². The van der Waals surface area contributed by atoms with Gasteiger partial charge in [0.15, 0.2) is 0 Å². The van der Waals surface area contributed by atoms with Gasteiger partial charge in [0.05, 0.1) is 15.9 Å². The van der Waals surface area contributed by atoms with Crippen LogP contribution >= 0.6 is 34.2 Å². The molecule has 2 aromatic rings. The van der Waals surface area contributed by atoms with Crippen molar-refractivity contribution in [2.24, 2.45) is 0 Å². The maximum Gasteiger partial charge on any atom is 0.119 e. The Labute approximate surface area is 86.9 Å². The Bertz CT molecular complexity index is 440. The number of phenols is 1. The Morgan fingerprint density at radius 3 is 3.00 bits per heavy atom. The van der Waals surface area contributed by atoms with Crippen LogP contribution in [0.25, 0.3) is 10.9 Å². The summed E-state index contributed by atoms with van der Waals surface area (Å²) in [5.74, 6) is 0.135. The summed E-state index contributed by atoms with van der Waals surface area (Å²) in [7, 11) is 0. The molecule has 62 valence electrons. The number of nitrogens with zero attached hydrogens (tertiary/aromatic N) is 1. The fraction of sp³-hybridized carbons (Fsp3) is 0. The van der Waals surface area contributed by atoms with Crippen molar-refractivity contribution in [3.8, 4) is 5.75 Å². The highest BCUT2D eigenvalue weighted by atomic mass is 127. The highest BCUT2D eigenvalue weighted by molar-refractivity contribution is 14.1. The SMILES string of the molecule is Oc1cc(Cl)c2c(I)[nH]nc2c1. The first-order chi connectivity index (χ1) is 5.68. The molecule has 0 saturated carbocycles. The van der Waals surface area contributed by atoms with Gasteiger partial charge in [0.1, 0.15) is 9.45 Å². The Kier molecular flexibility index (Phi) is 1.88. The summed E-state index contributed by atoms with van der Waals surface area (Å²) in [6.07, 6.45) is 0. The highest BCUT2D eigenvalue weighted by Crippen LogP contribution is 2.29. The number of benzene rings is 1. The molecule has 12 heavy (non-hydrogen) atoms. The quantitative estimate of drug-likeness (QED) is 0.734. The van der Waals surface area contributed by atoms with Gasteiger partial charge in [-0.05, 0) is 28.7 Å². The lowest BCUT2D eigenvalue weighted by Crippen LogP contribution is -1.72. The standard InChI is InChI=1S/C7H4ClIN2O/c8-4-1-3(12)2-5-6(4)7(9)11-10-5/h1-2,12H,(H,10,11). The van der Waals surface area contributed by atoms with Gasteiger partial charge in [-0.3, -0.25) is 5.10 Å². The molecule has 0 spiro atoms. The fourth-order valence-corrected chi connectivity index (χ4v) is 2.20. The average Bonchev–Trinajstić information content (AvgIpc) is 2.31. The number of phenolic OH excluding ortho intramolecular Hbond substituents is 1. The van der Waals surface area contributed by atoms with Gasteiger partial charge < -0.3 is 5.11 Å². The zero-order chi connectivity index (χ0) is 8.72. The number of halogens is 2. The van der Waals surface area contributed by atoms with Gasteiger partial charge in [-0.2, -0.15) is 5.10 Å². The monoisotopic (exact) mass is 294 g/mol. The van der Waals surface area contributed by atoms with E-state index in [1.807, 2.05) is 0 Å². The molecular formula is C7H4ClIN2O. The summed E-state index contributed by atoms with van der Waals surface area (Å²) in [5, 5.41) is 17.3. The molecule has 0 unspecified atom stereocenters. The average molecular weight is 294 g/mol. The van der Waals surface area contributed by atoms with Crippen LogP contribution in [-0.4, -0.2) is 15.3 Å². The number of nitrogens with one attached hydrogen (secondary N) is 1. The summed E-state index contributed by atoms with van der Waals surface area (Å²) >= 11 is 7.99. The molecule has 0 aliphatic heterocycles. The third-order valence-corrected chi connectivity index (χ3v) is 2.63. The maximum absolute atomic E-state index is 9.18. The first kappa shape index (κ1) is 8.12. The van der Waals surface area contributed by atoms with Crippen molar-refractivity contribution < 1.29 is 5.11 Å². The van der Waals surface area contributed by atoms with Crippen LogP contribution in [0.15, 0.2) is 12.1 Å². The molecule has 1 aromatic carbocycles. The number of aromatic nitrogens is 2. The molecule has 5 heteroatoms. The Hall–Kier alpha value is -0.490. The van der Waals surface area contributed by atoms with Crippen molar-refractivity contribution in [3.63, 3.8) is 0 Å². The lowest BCUT2D eigenvalue weighted by Gasteiger charge is -1.94. The summed E-state index contributed by atoms with van der Waals surface area (Å²) < 4.78 is 0.882. The van der Waals surface area contributed by atoms with Crippen LogP contribution < -0.4 is 0 Å². The van der Waals surface area contributed by atoms with Gasteiger partial charge in [-0.15, -0.1) is 0 Å². The number of rotatable bonds is 0. The lowest BCUT2D eigenvalue weighted by molar-refractivity contribution is 0.476. The first-order valence-electron chi connectivity index (χ1n) is 3.20. The van der Waals surface area contributed by atoms with Gasteiger partial charge in [-0.25, -0.2) is 0 Å². The van der Waals surface area contributed by atoms with E-state index in [1.165, 1.54) is 6.07 Å². The fourth-order valence-electron chi connectivity index (χ4n) is 1.05. The number of hydrogen-bond donors (Lipinski definition) is 2. The van der Waals surface area contributed by atoms with Gasteiger partial charge in [0.25, 0.3) is 0 Å². The molecule has 0 bridgehead atoms. The highest BCUT2D eigenvalue weighted by Gasteiger charge is 2.07. The minimum absolute atomic E-state index is 0.135. The van der Waals surface area contributed by atoms with Crippen molar-refractivity contribution in [3.05, 3.63) is 20.9 Å². The largest absolute Gasteiger partial charge is 0.508 e. The van der Waals surface area contributed by atoms with Crippen molar-refractivity contribution in [2.75, 3.05) is 0 Å². The second-order valence-electron chi connectivity index (χ2n) is 2.36. The minimum atomic E-state index is 0.135. The van der Waals surface area contributed by atoms with E-state index in [0.717, 1.165) is 9.09 Å². The number of H-pyrrole nitrogens is 1. The second-order valence-corrected chi connectivity index (χ2v) is 3.85. The summed E-state index contributed by atoms with van der Waals surface area (Å²) in [5.41, 5.74) is 0.685. The van der Waals surface area contributed by atoms with Crippen LogP contribution in [-0.2, 0) is 0 Å². The van der Waals surface area contributed by atoms with Gasteiger partial charge in [0.2, 0.25) is 0 Å². The molecular weight excluding hydrogens is 290 g/mol. The third kappa shape index (κ3) is 1.15. The summed E-state index contributed by atoms with van der Waals surface area (Å²) in [4.78, 5) is 0. The molecule has 2 rings (SSSR count). The van der Waals surface area contributed by atoms with E-state index in [9.17, 15) is 5.11 Å². The van der Waals surface area contributed by atoms with Crippen molar-refractivity contribution in [2.45, 2.75) is 0 Å². The van der Waals surface area contributed by atoms with Crippen LogP contribution in [0.2, 0.25) is 5.02 Å². The van der Waals surface area contributed by atoms with Gasteiger partial charge in [0, 0.05) is 6.07 Å². The Morgan fingerprint density at radius 2 is 2.25 bits per heavy atom. The molecule has 0 fully saturated rings. The van der Waals surface area contributed by atoms with E-state index in [-0.39, 0.29) is 5.75 Å². The lowest BCUT2D eigenvalue weighted by atomic mass is 10.2. The number of aromatic hydroxyl groups is 1. The second kappa shape index (κ2) is 2.77. The molecule has 1 heterocycles. The molecule has 1 aromatic heterocycles. The Balaban J connectivity index is 2.93. The molecule has 0 aliphatic rings. The third-order valence-electron chi connectivity index (χ3n) is 1.55. The first-order valence-corrected chi connectivity index (χ1v) is 4.66. The molecule has 2 N–H and O–H groups in total. The summed E-state index contributed by atoms with van der Waals surface area (Å²) in [6.45, 7) is 0. The van der Waals surface area contributed by atoms with Crippen LogP contribution in [0.4, 0.5) is 0 Å². The maximum atomic E-state index is 9.18. The zero-order valence-electron chi connectivity index (χ0n) is 5.81. The predicted molar refractivity (Wildman–Crippen MR) is 55.5 cm³/mol. The van der Waals surface area contributed by atoms with E-state index >= 15 is 0 Å². The normalized spacial score (nSPS) is 10.8. The van der Waals surface area contributed by atoms with Gasteiger partial charge >= 0.3 is 0 Å². The zero-order valence-corrected chi connectivity index (χ0v) is 8.72. The van der Waals surface area contributed by atoms with Crippen LogP contribution in [0.5, 0.6) is 5.75 Å². The van der Waals surface area contributed by atoms with E-state index in [2.05, 4.69) is 32.8 Å². The number of aromatic amines is 1. The topological polar surface area (TPSA) is 48.9 Å². The van der Waals surface area contributed by atoms with Crippen molar-refractivity contribution in [1.29, 1.82) is 0 Å². The van der Waals surface area contributed by atoms with Crippen molar-refractivity contribution >= 4 is 45.1 Å². The predicted octanol–water partition coefficient (Wildman–Crippen LogP) is 2.53. The van der Waals surface area contributed by atoms with E-state index < -0.39 is 0 Å². The van der Waals surface area contributed by atoms with E-state index in [0.29, 0.717) is 10.5 Å². The van der Waals surface area contributed by atoms with E-state index in [4.69, 9.17) is 11.6 Å². The van der Waals surface area contributed by atoms with Crippen LogP contribution in [0.1, 0.15) is 0 Å². The van der Waals surface area contributed by atoms with Gasteiger partial charge in [-0.1, -0.05) is 11.6 Å². The number of hydrogen-bond acceptors (Lipinski definition) is 2. The van der Waals surface area contributed by atoms with Crippen LogP contribution in [0.3, 0.4) is 0 Å². The molecule has 0 aliphatic carbocycles.